The maximum Gasteiger partial charge on any atom is 0.483 e. The SMILES string of the molecule is CC#C[C@H]1CNCCN1c1ccc(S(=O)(=NC)C(F)(F)F)cc1. The molecule has 23 heavy (non-hydrogen) atoms. The Morgan fingerprint density at radius 2 is 2.00 bits per heavy atom. The van der Waals surface area contributed by atoms with Gasteiger partial charge in [-0.1, -0.05) is 5.92 Å². The van der Waals surface area contributed by atoms with E-state index in [4.69, 9.17) is 0 Å². The average molecular weight is 345 g/mol. The van der Waals surface area contributed by atoms with Crippen molar-refractivity contribution >= 4 is 15.4 Å². The molecule has 0 aliphatic carbocycles. The van der Waals surface area contributed by atoms with Crippen LogP contribution in [0, 0.1) is 11.8 Å². The van der Waals surface area contributed by atoms with Gasteiger partial charge in [-0.2, -0.15) is 13.2 Å². The summed E-state index contributed by atoms with van der Waals surface area (Å²) >= 11 is 0. The van der Waals surface area contributed by atoms with Crippen LogP contribution in [0.25, 0.3) is 0 Å². The molecule has 1 aromatic carbocycles. The Labute approximate surface area is 134 Å². The van der Waals surface area contributed by atoms with Crippen LogP contribution < -0.4 is 10.2 Å². The topological polar surface area (TPSA) is 44.7 Å². The third-order valence-corrected chi connectivity index (χ3v) is 5.67. The van der Waals surface area contributed by atoms with Crippen molar-refractivity contribution in [3.63, 3.8) is 0 Å². The Morgan fingerprint density at radius 1 is 1.35 bits per heavy atom. The Kier molecular flexibility index (Phi) is 5.22. The van der Waals surface area contributed by atoms with Crippen molar-refractivity contribution in [2.24, 2.45) is 4.36 Å². The lowest BCUT2D eigenvalue weighted by molar-refractivity contribution is -0.0403. The number of hydrogen-bond acceptors (Lipinski definition) is 4. The van der Waals surface area contributed by atoms with Gasteiger partial charge in [-0.25, -0.2) is 8.57 Å². The molecule has 0 aromatic heterocycles. The molecule has 4 nitrogen and oxygen atoms in total. The Bertz CT molecular complexity index is 725. The van der Waals surface area contributed by atoms with Gasteiger partial charge in [0.05, 0.1) is 4.90 Å². The van der Waals surface area contributed by atoms with E-state index in [1.165, 1.54) is 12.1 Å². The zero-order chi connectivity index (χ0) is 17.1. The highest BCUT2D eigenvalue weighted by atomic mass is 32.2. The molecular formula is C15H18F3N3OS. The summed E-state index contributed by atoms with van der Waals surface area (Å²) < 4.78 is 54.2. The van der Waals surface area contributed by atoms with Gasteiger partial charge in [-0.3, -0.25) is 0 Å². The number of alkyl halides is 3. The largest absolute Gasteiger partial charge is 0.483 e. The van der Waals surface area contributed by atoms with Crippen LogP contribution >= 0.6 is 0 Å². The van der Waals surface area contributed by atoms with E-state index in [2.05, 4.69) is 21.5 Å². The van der Waals surface area contributed by atoms with Crippen molar-refractivity contribution in [1.29, 1.82) is 0 Å². The second kappa shape index (κ2) is 6.81. The fourth-order valence-electron chi connectivity index (χ4n) is 2.47. The van der Waals surface area contributed by atoms with Gasteiger partial charge < -0.3 is 10.2 Å². The highest BCUT2D eigenvalue weighted by Gasteiger charge is 2.44. The normalized spacial score (nSPS) is 21.1. The van der Waals surface area contributed by atoms with Crippen LogP contribution in [0.5, 0.6) is 0 Å². The monoisotopic (exact) mass is 345 g/mol. The molecule has 8 heteroatoms. The van der Waals surface area contributed by atoms with Gasteiger partial charge in [0.2, 0.25) is 0 Å². The molecule has 1 unspecified atom stereocenters. The number of nitrogens with zero attached hydrogens (tertiary/aromatic N) is 2. The van der Waals surface area contributed by atoms with Crippen LogP contribution in [0.1, 0.15) is 6.92 Å². The first-order chi connectivity index (χ1) is 10.8. The molecule has 1 saturated heterocycles. The highest BCUT2D eigenvalue weighted by molar-refractivity contribution is 7.94. The second-order valence-electron chi connectivity index (χ2n) is 4.96. The highest BCUT2D eigenvalue weighted by Crippen LogP contribution is 2.33. The molecule has 2 atom stereocenters. The Morgan fingerprint density at radius 3 is 2.52 bits per heavy atom. The molecule has 0 bridgehead atoms. The van der Waals surface area contributed by atoms with Gasteiger partial charge >= 0.3 is 5.51 Å². The number of hydrogen-bond donors (Lipinski definition) is 1. The third-order valence-electron chi connectivity index (χ3n) is 3.61. The van der Waals surface area contributed by atoms with E-state index < -0.39 is 15.2 Å². The number of halogens is 3. The van der Waals surface area contributed by atoms with E-state index in [0.29, 0.717) is 13.1 Å². The van der Waals surface area contributed by atoms with Crippen LogP contribution in [0.15, 0.2) is 33.5 Å². The minimum absolute atomic E-state index is 0.0394. The van der Waals surface area contributed by atoms with Crippen molar-refractivity contribution < 1.29 is 17.4 Å². The Hall–Kier alpha value is -1.72. The van der Waals surface area contributed by atoms with E-state index in [0.717, 1.165) is 19.3 Å². The van der Waals surface area contributed by atoms with Gasteiger partial charge in [-0.15, -0.1) is 5.92 Å². The molecule has 1 N–H and O–H groups in total. The molecule has 2 rings (SSSR count). The molecular weight excluding hydrogens is 327 g/mol. The third kappa shape index (κ3) is 3.46. The van der Waals surface area contributed by atoms with Gasteiger partial charge in [0.1, 0.15) is 6.04 Å². The standard InChI is InChI=1S/C15H18F3N3OS/c1-3-4-13-11-20-9-10-21(13)12-5-7-14(8-6-12)23(22,19-2)15(16,17)18/h5-8,13,20H,9-11H2,1-2H3/t13-,23?/m0/s1. The predicted octanol–water partition coefficient (Wildman–Crippen LogP) is 2.46. The zero-order valence-electron chi connectivity index (χ0n) is 12.9. The molecule has 1 aromatic rings. The number of rotatable bonds is 2. The molecule has 1 fully saturated rings. The number of nitrogens with one attached hydrogen (secondary N) is 1. The molecule has 0 radical (unpaired) electrons. The summed E-state index contributed by atoms with van der Waals surface area (Å²) in [5.41, 5.74) is -4.14. The zero-order valence-corrected chi connectivity index (χ0v) is 13.7. The summed E-state index contributed by atoms with van der Waals surface area (Å²) in [5, 5.41) is 3.23. The smallest absolute Gasteiger partial charge is 0.355 e. The van der Waals surface area contributed by atoms with Crippen LogP contribution in [-0.2, 0) is 9.73 Å². The predicted molar refractivity (Wildman–Crippen MR) is 84.7 cm³/mol. The summed E-state index contributed by atoms with van der Waals surface area (Å²) in [6, 6.07) is 5.51. The quantitative estimate of drug-likeness (QED) is 0.838. The van der Waals surface area contributed by atoms with E-state index in [-0.39, 0.29) is 10.9 Å². The summed E-state index contributed by atoms with van der Waals surface area (Å²) in [6.07, 6.45) is 0. The van der Waals surface area contributed by atoms with E-state index in [1.54, 1.807) is 19.1 Å². The van der Waals surface area contributed by atoms with Crippen molar-refractivity contribution in [3.8, 4) is 11.8 Å². The summed E-state index contributed by atoms with van der Waals surface area (Å²) in [7, 11) is -3.50. The minimum atomic E-state index is -4.89. The molecule has 1 aliphatic rings. The molecule has 1 heterocycles. The van der Waals surface area contributed by atoms with Gasteiger partial charge in [0.15, 0.2) is 9.73 Å². The van der Waals surface area contributed by atoms with Gasteiger partial charge in [0.25, 0.3) is 0 Å². The maximum absolute atomic E-state index is 13.0. The lowest BCUT2D eigenvalue weighted by Gasteiger charge is -2.35. The first-order valence-corrected chi connectivity index (χ1v) is 8.56. The molecule has 1 aliphatic heterocycles. The maximum atomic E-state index is 13.0. The molecule has 0 spiro atoms. The molecule has 126 valence electrons. The van der Waals surface area contributed by atoms with Crippen LogP contribution in [0.3, 0.4) is 0 Å². The number of benzene rings is 1. The summed E-state index contributed by atoms with van der Waals surface area (Å²) in [4.78, 5) is 1.69. The van der Waals surface area contributed by atoms with E-state index in [1.807, 2.05) is 4.90 Å². The second-order valence-corrected chi connectivity index (χ2v) is 7.31. The average Bonchev–Trinajstić information content (AvgIpc) is 2.54. The number of piperazine rings is 1. The summed E-state index contributed by atoms with van der Waals surface area (Å²) in [6.45, 7) is 3.90. The van der Waals surface area contributed by atoms with Crippen LogP contribution in [-0.4, -0.2) is 42.4 Å². The first kappa shape index (κ1) is 17.6. The first-order valence-electron chi connectivity index (χ1n) is 7.05. The van der Waals surface area contributed by atoms with Crippen LogP contribution in [0.2, 0.25) is 0 Å². The minimum Gasteiger partial charge on any atom is -0.355 e. The fraction of sp³-hybridized carbons (Fsp3) is 0.467. The van der Waals surface area contributed by atoms with Gasteiger partial charge in [0, 0.05) is 32.4 Å². The summed E-state index contributed by atoms with van der Waals surface area (Å²) in [5.74, 6) is 5.93. The van der Waals surface area contributed by atoms with Crippen molar-refractivity contribution in [3.05, 3.63) is 24.3 Å². The lowest BCUT2D eigenvalue weighted by atomic mass is 10.1. The van der Waals surface area contributed by atoms with Crippen molar-refractivity contribution in [2.45, 2.75) is 23.4 Å². The molecule has 0 saturated carbocycles. The van der Waals surface area contributed by atoms with Crippen molar-refractivity contribution in [2.75, 3.05) is 31.6 Å². The van der Waals surface area contributed by atoms with Crippen LogP contribution in [0.4, 0.5) is 18.9 Å². The number of anilines is 1. The fourth-order valence-corrected chi connectivity index (χ4v) is 3.66. The van der Waals surface area contributed by atoms with Gasteiger partial charge in [-0.05, 0) is 31.2 Å². The molecule has 0 amide bonds. The Balaban J connectivity index is 2.35. The van der Waals surface area contributed by atoms with E-state index in [9.17, 15) is 17.4 Å². The van der Waals surface area contributed by atoms with E-state index >= 15 is 0 Å². The van der Waals surface area contributed by atoms with Crippen molar-refractivity contribution in [1.82, 2.24) is 5.32 Å². The lowest BCUT2D eigenvalue weighted by Crippen LogP contribution is -2.50.